The number of phenols is 1. The summed E-state index contributed by atoms with van der Waals surface area (Å²) in [5, 5.41) is 25.0. The summed E-state index contributed by atoms with van der Waals surface area (Å²) < 4.78 is 0.617. The quantitative estimate of drug-likeness (QED) is 0.442. The smallest absolute Gasteiger partial charge is 0.404 e. The lowest BCUT2D eigenvalue weighted by molar-refractivity contribution is 0.194. The Kier molecular flexibility index (Phi) is 3.85. The molecule has 0 spiro atoms. The van der Waals surface area contributed by atoms with Crippen molar-refractivity contribution >= 4 is 38.4 Å². The first-order chi connectivity index (χ1) is 12.5. The predicted molar refractivity (Wildman–Crippen MR) is 102 cm³/mol. The normalized spacial score (nSPS) is 11.1. The molecule has 0 aliphatic heterocycles. The first-order valence-electron chi connectivity index (χ1n) is 7.86. The summed E-state index contributed by atoms with van der Waals surface area (Å²) in [5.74, 6) is 0.119. The van der Waals surface area contributed by atoms with Crippen LogP contribution in [-0.4, -0.2) is 21.3 Å². The number of carboxylic acid groups (broad SMARTS) is 1. The number of H-pyrrole nitrogens is 1. The van der Waals surface area contributed by atoms with E-state index in [-0.39, 0.29) is 17.9 Å². The van der Waals surface area contributed by atoms with Gasteiger partial charge in [-0.25, -0.2) is 4.79 Å². The van der Waals surface area contributed by atoms with E-state index in [1.54, 1.807) is 24.3 Å². The molecule has 2 aromatic carbocycles. The molecule has 130 valence electrons. The number of fused-ring (bicyclic) bond motifs is 3. The van der Waals surface area contributed by atoms with Crippen LogP contribution in [0.15, 0.2) is 52.6 Å². The lowest BCUT2D eigenvalue weighted by atomic mass is 9.96. The molecule has 4 aromatic rings. The molecule has 0 unspecified atom stereocenters. The highest BCUT2D eigenvalue weighted by Gasteiger charge is 2.15. The van der Waals surface area contributed by atoms with Gasteiger partial charge in [-0.1, -0.05) is 24.3 Å². The Morgan fingerprint density at radius 2 is 1.88 bits per heavy atom. The van der Waals surface area contributed by atoms with Crippen molar-refractivity contribution in [3.8, 4) is 16.9 Å². The summed E-state index contributed by atoms with van der Waals surface area (Å²) in [6, 6.07) is 12.4. The SMILES string of the molecule is O=C(O)NCc1ccc(-c2c(O)ccc3[nH]c(=O)c4sccc4c23)cc1. The van der Waals surface area contributed by atoms with Gasteiger partial charge in [0.15, 0.2) is 0 Å². The van der Waals surface area contributed by atoms with Crippen LogP contribution in [0.3, 0.4) is 0 Å². The minimum atomic E-state index is -1.08. The lowest BCUT2D eigenvalue weighted by Crippen LogP contribution is -2.19. The summed E-state index contributed by atoms with van der Waals surface area (Å²) in [4.78, 5) is 25.7. The van der Waals surface area contributed by atoms with E-state index in [1.165, 1.54) is 11.3 Å². The Hall–Kier alpha value is -3.32. The van der Waals surface area contributed by atoms with Gasteiger partial charge in [-0.15, -0.1) is 11.3 Å². The van der Waals surface area contributed by atoms with Gasteiger partial charge in [0.05, 0.1) is 0 Å². The number of carbonyl (C=O) groups is 1. The number of benzene rings is 2. The summed E-state index contributed by atoms with van der Waals surface area (Å²) in [7, 11) is 0. The maximum absolute atomic E-state index is 12.2. The number of aromatic hydroxyl groups is 1. The zero-order valence-electron chi connectivity index (χ0n) is 13.4. The summed E-state index contributed by atoms with van der Waals surface area (Å²) in [6.07, 6.45) is -1.08. The van der Waals surface area contributed by atoms with E-state index in [0.717, 1.165) is 21.9 Å². The minimum absolute atomic E-state index is 0.119. The first-order valence-corrected chi connectivity index (χ1v) is 8.74. The van der Waals surface area contributed by atoms with Crippen molar-refractivity contribution in [2.45, 2.75) is 6.54 Å². The second-order valence-corrected chi connectivity index (χ2v) is 6.77. The molecule has 6 nitrogen and oxygen atoms in total. The van der Waals surface area contributed by atoms with Gasteiger partial charge >= 0.3 is 6.09 Å². The van der Waals surface area contributed by atoms with Crippen LogP contribution in [0.25, 0.3) is 32.1 Å². The molecule has 0 atom stereocenters. The third-order valence-electron chi connectivity index (χ3n) is 4.26. The molecule has 2 heterocycles. The van der Waals surface area contributed by atoms with Crippen LogP contribution in [0.2, 0.25) is 0 Å². The van der Waals surface area contributed by atoms with Gasteiger partial charge in [-0.3, -0.25) is 4.79 Å². The Morgan fingerprint density at radius 1 is 1.12 bits per heavy atom. The molecule has 0 aliphatic carbocycles. The number of rotatable bonds is 3. The van der Waals surface area contributed by atoms with E-state index in [2.05, 4.69) is 10.3 Å². The van der Waals surface area contributed by atoms with Gasteiger partial charge in [-0.2, -0.15) is 0 Å². The Labute approximate surface area is 151 Å². The fourth-order valence-electron chi connectivity index (χ4n) is 3.10. The number of hydrogen-bond donors (Lipinski definition) is 4. The van der Waals surface area contributed by atoms with Gasteiger partial charge in [0.2, 0.25) is 0 Å². The number of aromatic nitrogens is 1. The average molecular weight is 366 g/mol. The zero-order chi connectivity index (χ0) is 18.3. The molecular formula is C19H14N2O4S. The van der Waals surface area contributed by atoms with E-state index >= 15 is 0 Å². The van der Waals surface area contributed by atoms with E-state index < -0.39 is 6.09 Å². The van der Waals surface area contributed by atoms with E-state index in [4.69, 9.17) is 5.11 Å². The molecule has 26 heavy (non-hydrogen) atoms. The van der Waals surface area contributed by atoms with Crippen LogP contribution in [0.1, 0.15) is 5.56 Å². The maximum Gasteiger partial charge on any atom is 0.404 e. The van der Waals surface area contributed by atoms with E-state index in [9.17, 15) is 14.7 Å². The lowest BCUT2D eigenvalue weighted by Gasteiger charge is -2.11. The highest BCUT2D eigenvalue weighted by atomic mass is 32.1. The molecule has 0 radical (unpaired) electrons. The minimum Gasteiger partial charge on any atom is -0.507 e. The number of thiophene rings is 1. The largest absolute Gasteiger partial charge is 0.507 e. The molecule has 4 rings (SSSR count). The van der Waals surface area contributed by atoms with Gasteiger partial charge < -0.3 is 20.5 Å². The predicted octanol–water partition coefficient (Wildman–Crippen LogP) is 3.88. The van der Waals surface area contributed by atoms with E-state index in [1.807, 2.05) is 23.6 Å². The van der Waals surface area contributed by atoms with Crippen molar-refractivity contribution < 1.29 is 15.0 Å². The number of hydrogen-bond acceptors (Lipinski definition) is 4. The van der Waals surface area contributed by atoms with Crippen LogP contribution in [-0.2, 0) is 6.54 Å². The van der Waals surface area contributed by atoms with Gasteiger partial charge in [0.25, 0.3) is 5.56 Å². The molecule has 4 N–H and O–H groups in total. The summed E-state index contributed by atoms with van der Waals surface area (Å²) in [6.45, 7) is 0.208. The molecule has 0 saturated heterocycles. The molecular weight excluding hydrogens is 352 g/mol. The van der Waals surface area contributed by atoms with Crippen molar-refractivity contribution in [2.75, 3.05) is 0 Å². The average Bonchev–Trinajstić information content (AvgIpc) is 3.12. The number of amides is 1. The van der Waals surface area contributed by atoms with Crippen LogP contribution in [0.5, 0.6) is 5.75 Å². The number of aromatic amines is 1. The highest BCUT2D eigenvalue weighted by Crippen LogP contribution is 2.39. The summed E-state index contributed by atoms with van der Waals surface area (Å²) >= 11 is 1.36. The molecule has 1 amide bonds. The zero-order valence-corrected chi connectivity index (χ0v) is 14.3. The van der Waals surface area contributed by atoms with Gasteiger partial charge in [0.1, 0.15) is 10.4 Å². The Balaban J connectivity index is 1.91. The summed E-state index contributed by atoms with van der Waals surface area (Å²) in [5.41, 5.74) is 2.75. The fraction of sp³-hybridized carbons (Fsp3) is 0.0526. The van der Waals surface area contributed by atoms with Crippen molar-refractivity contribution in [3.63, 3.8) is 0 Å². The van der Waals surface area contributed by atoms with Crippen LogP contribution >= 0.6 is 11.3 Å². The third kappa shape index (κ3) is 2.68. The molecule has 0 bridgehead atoms. The van der Waals surface area contributed by atoms with Crippen molar-refractivity contribution in [1.82, 2.24) is 10.3 Å². The second kappa shape index (κ2) is 6.20. The fourth-order valence-corrected chi connectivity index (χ4v) is 3.89. The molecule has 7 heteroatoms. The van der Waals surface area contributed by atoms with E-state index in [0.29, 0.717) is 15.8 Å². The standard InChI is InChI=1S/C19H14N2O4S/c22-14-6-5-13-16(12-7-8-26-17(12)18(23)21-13)15(14)11-3-1-10(2-4-11)9-20-19(24)25/h1-8,20,22H,9H2,(H,21,23)(H,24,25). The molecule has 0 fully saturated rings. The Bertz CT molecular complexity index is 1190. The van der Waals surface area contributed by atoms with Gasteiger partial charge in [0, 0.05) is 28.4 Å². The van der Waals surface area contributed by atoms with Crippen molar-refractivity contribution in [3.05, 3.63) is 63.8 Å². The third-order valence-corrected chi connectivity index (χ3v) is 5.17. The molecule has 0 aliphatic rings. The number of pyridine rings is 1. The van der Waals surface area contributed by atoms with Crippen molar-refractivity contribution in [1.29, 1.82) is 0 Å². The number of phenolic OH excluding ortho intramolecular Hbond substituents is 1. The monoisotopic (exact) mass is 366 g/mol. The Morgan fingerprint density at radius 3 is 2.62 bits per heavy atom. The molecule has 0 saturated carbocycles. The maximum atomic E-state index is 12.2. The van der Waals surface area contributed by atoms with Gasteiger partial charge in [-0.05, 0) is 34.7 Å². The topological polar surface area (TPSA) is 102 Å². The van der Waals surface area contributed by atoms with Crippen molar-refractivity contribution in [2.24, 2.45) is 0 Å². The second-order valence-electron chi connectivity index (χ2n) is 5.86. The van der Waals surface area contributed by atoms with Crippen LogP contribution in [0, 0.1) is 0 Å². The first kappa shape index (κ1) is 16.2. The van der Waals surface area contributed by atoms with Crippen LogP contribution < -0.4 is 10.9 Å². The van der Waals surface area contributed by atoms with Crippen LogP contribution in [0.4, 0.5) is 4.79 Å². The molecule has 2 aromatic heterocycles. The number of nitrogens with one attached hydrogen (secondary N) is 2. The highest BCUT2D eigenvalue weighted by molar-refractivity contribution is 7.17.